The molecule has 1 amide bonds. The highest BCUT2D eigenvalue weighted by atomic mass is 32.2. The summed E-state index contributed by atoms with van der Waals surface area (Å²) < 4.78 is 0.814. The average molecular weight is 351 g/mol. The van der Waals surface area contributed by atoms with Crippen molar-refractivity contribution in [1.82, 2.24) is 10.2 Å². The SMILES string of the molecule is CCCNc1nnc(SCC(=O)N(c2ccccc2)C(C)C)s1. The lowest BCUT2D eigenvalue weighted by molar-refractivity contribution is -0.116. The van der Waals surface area contributed by atoms with Crippen LogP contribution in [-0.4, -0.2) is 34.4 Å². The molecule has 124 valence electrons. The van der Waals surface area contributed by atoms with Crippen LogP contribution in [0.1, 0.15) is 27.2 Å². The van der Waals surface area contributed by atoms with Crippen molar-refractivity contribution in [1.29, 1.82) is 0 Å². The molecule has 0 saturated heterocycles. The highest BCUT2D eigenvalue weighted by Gasteiger charge is 2.19. The summed E-state index contributed by atoms with van der Waals surface area (Å²) in [6.45, 7) is 7.03. The highest BCUT2D eigenvalue weighted by molar-refractivity contribution is 8.01. The maximum absolute atomic E-state index is 12.6. The lowest BCUT2D eigenvalue weighted by Crippen LogP contribution is -2.38. The molecule has 7 heteroatoms. The molecule has 2 rings (SSSR count). The molecule has 1 aromatic carbocycles. The highest BCUT2D eigenvalue weighted by Crippen LogP contribution is 2.26. The molecule has 0 atom stereocenters. The minimum Gasteiger partial charge on any atom is -0.360 e. The molecule has 0 saturated carbocycles. The van der Waals surface area contributed by atoms with Crippen molar-refractivity contribution in [2.45, 2.75) is 37.6 Å². The van der Waals surface area contributed by atoms with Crippen molar-refractivity contribution in [3.63, 3.8) is 0 Å². The molecule has 1 aromatic heterocycles. The Morgan fingerprint density at radius 1 is 1.30 bits per heavy atom. The summed E-state index contributed by atoms with van der Waals surface area (Å²) in [6.07, 6.45) is 1.04. The molecule has 0 fully saturated rings. The van der Waals surface area contributed by atoms with Crippen molar-refractivity contribution in [3.05, 3.63) is 30.3 Å². The lowest BCUT2D eigenvalue weighted by Gasteiger charge is -2.26. The summed E-state index contributed by atoms with van der Waals surface area (Å²) in [7, 11) is 0. The van der Waals surface area contributed by atoms with E-state index >= 15 is 0 Å². The maximum atomic E-state index is 12.6. The molecular weight excluding hydrogens is 328 g/mol. The number of nitrogens with zero attached hydrogens (tertiary/aromatic N) is 3. The quantitative estimate of drug-likeness (QED) is 0.732. The standard InChI is InChI=1S/C16H22N4OS2/c1-4-10-17-15-18-19-16(23-15)22-11-14(21)20(12(2)3)13-8-6-5-7-9-13/h5-9,12H,4,10-11H2,1-3H3,(H,17,18). The second-order valence-corrected chi connectivity index (χ2v) is 7.48. The van der Waals surface area contributed by atoms with Crippen LogP contribution < -0.4 is 10.2 Å². The van der Waals surface area contributed by atoms with E-state index in [9.17, 15) is 4.79 Å². The van der Waals surface area contributed by atoms with Crippen molar-refractivity contribution < 1.29 is 4.79 Å². The van der Waals surface area contributed by atoms with Crippen LogP contribution >= 0.6 is 23.1 Å². The first-order chi connectivity index (χ1) is 11.1. The van der Waals surface area contributed by atoms with Gasteiger partial charge in [0.15, 0.2) is 4.34 Å². The predicted molar refractivity (Wildman–Crippen MR) is 98.5 cm³/mol. The van der Waals surface area contributed by atoms with E-state index < -0.39 is 0 Å². The van der Waals surface area contributed by atoms with Gasteiger partial charge in [0.1, 0.15) is 0 Å². The van der Waals surface area contributed by atoms with Crippen molar-refractivity contribution >= 4 is 39.8 Å². The molecule has 0 radical (unpaired) electrons. The third kappa shape index (κ3) is 5.21. The Labute approximate surface area is 145 Å². The topological polar surface area (TPSA) is 58.1 Å². The van der Waals surface area contributed by atoms with Gasteiger partial charge in [-0.1, -0.05) is 48.2 Å². The number of carbonyl (C=O) groups is 1. The molecule has 5 nitrogen and oxygen atoms in total. The monoisotopic (exact) mass is 350 g/mol. The van der Waals surface area contributed by atoms with Gasteiger partial charge in [-0.2, -0.15) is 0 Å². The number of aromatic nitrogens is 2. The fraction of sp³-hybridized carbons (Fsp3) is 0.438. The number of hydrogen-bond acceptors (Lipinski definition) is 6. The van der Waals surface area contributed by atoms with Crippen molar-refractivity contribution in [3.8, 4) is 0 Å². The van der Waals surface area contributed by atoms with Gasteiger partial charge in [-0.05, 0) is 32.4 Å². The van der Waals surface area contributed by atoms with Gasteiger partial charge in [0.05, 0.1) is 5.75 Å². The van der Waals surface area contributed by atoms with Crippen LogP contribution in [0.2, 0.25) is 0 Å². The van der Waals surface area contributed by atoms with E-state index in [2.05, 4.69) is 22.4 Å². The van der Waals surface area contributed by atoms with Gasteiger partial charge in [-0.25, -0.2) is 0 Å². The van der Waals surface area contributed by atoms with Crippen molar-refractivity contribution in [2.24, 2.45) is 0 Å². The Hall–Kier alpha value is -1.60. The van der Waals surface area contributed by atoms with Gasteiger partial charge >= 0.3 is 0 Å². The number of para-hydroxylation sites is 1. The van der Waals surface area contributed by atoms with E-state index in [1.165, 1.54) is 23.1 Å². The fourth-order valence-electron chi connectivity index (χ4n) is 2.08. The first-order valence-electron chi connectivity index (χ1n) is 7.69. The Morgan fingerprint density at radius 3 is 2.70 bits per heavy atom. The molecule has 0 unspecified atom stereocenters. The number of hydrogen-bond donors (Lipinski definition) is 1. The lowest BCUT2D eigenvalue weighted by atomic mass is 10.2. The Balaban J connectivity index is 1.95. The first-order valence-corrected chi connectivity index (χ1v) is 9.49. The van der Waals surface area contributed by atoms with Gasteiger partial charge in [0, 0.05) is 18.3 Å². The molecule has 0 aliphatic rings. The molecule has 0 bridgehead atoms. The van der Waals surface area contributed by atoms with Crippen LogP contribution in [0.25, 0.3) is 0 Å². The molecular formula is C16H22N4OS2. The fourth-order valence-corrected chi connectivity index (χ4v) is 3.72. The predicted octanol–water partition coefficient (Wildman–Crippen LogP) is 3.89. The van der Waals surface area contributed by atoms with Gasteiger partial charge in [0.2, 0.25) is 11.0 Å². The van der Waals surface area contributed by atoms with Crippen LogP contribution in [0, 0.1) is 0 Å². The number of carbonyl (C=O) groups excluding carboxylic acids is 1. The number of thioether (sulfide) groups is 1. The van der Waals surface area contributed by atoms with E-state index in [4.69, 9.17) is 0 Å². The van der Waals surface area contributed by atoms with E-state index in [0.29, 0.717) is 5.75 Å². The Morgan fingerprint density at radius 2 is 2.04 bits per heavy atom. The van der Waals surface area contributed by atoms with Crippen molar-refractivity contribution in [2.75, 3.05) is 22.5 Å². The number of amides is 1. The second-order valence-electron chi connectivity index (χ2n) is 5.28. The zero-order valence-corrected chi connectivity index (χ0v) is 15.3. The minimum absolute atomic E-state index is 0.0782. The number of anilines is 2. The molecule has 0 aliphatic heterocycles. The third-order valence-corrected chi connectivity index (χ3v) is 5.07. The molecule has 1 N–H and O–H groups in total. The summed E-state index contributed by atoms with van der Waals surface area (Å²) in [5.74, 6) is 0.435. The van der Waals surface area contributed by atoms with Crippen LogP contribution in [-0.2, 0) is 4.79 Å². The Kier molecular flexibility index (Phi) is 6.85. The average Bonchev–Trinajstić information content (AvgIpc) is 2.99. The summed E-state index contributed by atoms with van der Waals surface area (Å²) >= 11 is 2.93. The van der Waals surface area contributed by atoms with E-state index in [0.717, 1.165) is 28.1 Å². The van der Waals surface area contributed by atoms with Crippen LogP contribution in [0.3, 0.4) is 0 Å². The van der Waals surface area contributed by atoms with Gasteiger partial charge in [-0.15, -0.1) is 10.2 Å². The first kappa shape index (κ1) is 17.7. The zero-order chi connectivity index (χ0) is 16.7. The summed E-state index contributed by atoms with van der Waals surface area (Å²) in [5, 5.41) is 12.2. The van der Waals surface area contributed by atoms with Gasteiger partial charge < -0.3 is 10.2 Å². The smallest absolute Gasteiger partial charge is 0.237 e. The summed E-state index contributed by atoms with van der Waals surface area (Å²) in [5.41, 5.74) is 0.927. The minimum atomic E-state index is 0.0782. The molecule has 2 aromatic rings. The normalized spacial score (nSPS) is 10.8. The third-order valence-electron chi connectivity index (χ3n) is 3.07. The van der Waals surface area contributed by atoms with Crippen LogP contribution in [0.5, 0.6) is 0 Å². The van der Waals surface area contributed by atoms with Crippen LogP contribution in [0.4, 0.5) is 10.8 Å². The molecule has 23 heavy (non-hydrogen) atoms. The van der Waals surface area contributed by atoms with E-state index in [1.54, 1.807) is 0 Å². The number of benzene rings is 1. The van der Waals surface area contributed by atoms with E-state index in [1.807, 2.05) is 49.1 Å². The maximum Gasteiger partial charge on any atom is 0.237 e. The molecule has 1 heterocycles. The second kappa shape index (κ2) is 8.88. The summed E-state index contributed by atoms with van der Waals surface area (Å²) in [4.78, 5) is 14.4. The summed E-state index contributed by atoms with van der Waals surface area (Å²) in [6, 6.07) is 9.87. The molecule has 0 aliphatic carbocycles. The Bertz CT molecular complexity index is 616. The van der Waals surface area contributed by atoms with Gasteiger partial charge in [-0.3, -0.25) is 4.79 Å². The molecule has 0 spiro atoms. The van der Waals surface area contributed by atoms with E-state index in [-0.39, 0.29) is 11.9 Å². The van der Waals surface area contributed by atoms with Gasteiger partial charge in [0.25, 0.3) is 0 Å². The zero-order valence-electron chi connectivity index (χ0n) is 13.7. The number of nitrogens with one attached hydrogen (secondary N) is 1. The van der Waals surface area contributed by atoms with Crippen LogP contribution in [0.15, 0.2) is 34.7 Å². The largest absolute Gasteiger partial charge is 0.360 e. The number of rotatable bonds is 8.